The molecule has 0 aromatic rings. The van der Waals surface area contributed by atoms with Crippen LogP contribution in [0.25, 0.3) is 0 Å². The first-order chi connectivity index (χ1) is 10.6. The fraction of sp³-hybridized carbons (Fsp3) is 0.857. The molecule has 6 nitrogen and oxygen atoms in total. The Hall–Kier alpha value is -1.03. The third-order valence-electron chi connectivity index (χ3n) is 3.19. The maximum absolute atomic E-state index is 11.6. The van der Waals surface area contributed by atoms with E-state index >= 15 is 0 Å². The van der Waals surface area contributed by atoms with Crippen molar-refractivity contribution in [3.05, 3.63) is 0 Å². The SMILES string of the molecule is CCC[SiH](CCC)OC(=O)N=NC(=O)O[SiH](CCC)CCC. The van der Waals surface area contributed by atoms with E-state index in [1.807, 2.05) is 0 Å². The van der Waals surface area contributed by atoms with E-state index in [0.717, 1.165) is 49.9 Å². The van der Waals surface area contributed by atoms with E-state index in [2.05, 4.69) is 37.9 Å². The molecular formula is C14H30N2O4Si2. The molecule has 0 aromatic carbocycles. The number of hydrogen-bond donors (Lipinski definition) is 0. The Kier molecular flexibility index (Phi) is 13.0. The summed E-state index contributed by atoms with van der Waals surface area (Å²) in [5, 5.41) is 6.70. The lowest BCUT2D eigenvalue weighted by atomic mass is 10.6. The molecule has 0 unspecified atom stereocenters. The molecule has 0 saturated heterocycles. The summed E-state index contributed by atoms with van der Waals surface area (Å²) < 4.78 is 10.6. The lowest BCUT2D eigenvalue weighted by Gasteiger charge is -2.13. The van der Waals surface area contributed by atoms with Gasteiger partial charge >= 0.3 is 12.2 Å². The van der Waals surface area contributed by atoms with E-state index in [1.165, 1.54) is 0 Å². The Morgan fingerprint density at radius 1 is 0.682 bits per heavy atom. The van der Waals surface area contributed by atoms with Crippen molar-refractivity contribution in [2.24, 2.45) is 10.2 Å². The number of azo groups is 1. The summed E-state index contributed by atoms with van der Waals surface area (Å²) in [7, 11) is -3.10. The minimum absolute atomic E-state index is 0.750. The number of nitrogens with zero attached hydrogens (tertiary/aromatic N) is 2. The first-order valence-corrected chi connectivity index (χ1v) is 12.6. The second-order valence-corrected chi connectivity index (χ2v) is 10.6. The number of rotatable bonds is 10. The van der Waals surface area contributed by atoms with E-state index in [-0.39, 0.29) is 0 Å². The number of amides is 2. The van der Waals surface area contributed by atoms with Crippen LogP contribution in [-0.4, -0.2) is 30.3 Å². The average Bonchev–Trinajstić information content (AvgIpc) is 2.46. The van der Waals surface area contributed by atoms with Crippen molar-refractivity contribution in [1.82, 2.24) is 0 Å². The van der Waals surface area contributed by atoms with E-state index < -0.39 is 30.3 Å². The molecule has 8 heteroatoms. The molecule has 0 fully saturated rings. The maximum atomic E-state index is 11.6. The predicted octanol–water partition coefficient (Wildman–Crippen LogP) is 4.80. The minimum atomic E-state index is -1.55. The van der Waals surface area contributed by atoms with Gasteiger partial charge in [-0.2, -0.15) is 0 Å². The van der Waals surface area contributed by atoms with Gasteiger partial charge in [-0.1, -0.05) is 63.6 Å². The van der Waals surface area contributed by atoms with Crippen LogP contribution in [0, 0.1) is 0 Å². The zero-order valence-electron chi connectivity index (χ0n) is 14.3. The largest absolute Gasteiger partial charge is 0.504 e. The van der Waals surface area contributed by atoms with Crippen LogP contribution >= 0.6 is 0 Å². The normalized spacial score (nSPS) is 11.4. The highest BCUT2D eigenvalue weighted by Crippen LogP contribution is 2.10. The summed E-state index contributed by atoms with van der Waals surface area (Å²) in [6.45, 7) is 8.26. The first kappa shape index (κ1) is 21.0. The van der Waals surface area contributed by atoms with Crippen molar-refractivity contribution in [3.63, 3.8) is 0 Å². The summed E-state index contributed by atoms with van der Waals surface area (Å²) >= 11 is 0. The van der Waals surface area contributed by atoms with Gasteiger partial charge in [0.05, 0.1) is 0 Å². The van der Waals surface area contributed by atoms with Crippen LogP contribution in [0.1, 0.15) is 53.4 Å². The van der Waals surface area contributed by atoms with Crippen molar-refractivity contribution in [2.45, 2.75) is 77.6 Å². The molecule has 0 spiro atoms. The molecule has 0 bridgehead atoms. The highest BCUT2D eigenvalue weighted by molar-refractivity contribution is 6.54. The van der Waals surface area contributed by atoms with E-state index in [1.54, 1.807) is 0 Å². The summed E-state index contributed by atoms with van der Waals surface area (Å²) in [6.07, 6.45) is 2.46. The van der Waals surface area contributed by atoms with Gasteiger partial charge in [-0.25, -0.2) is 9.59 Å². The Labute approximate surface area is 137 Å². The average molecular weight is 347 g/mol. The summed E-state index contributed by atoms with van der Waals surface area (Å²) in [5.41, 5.74) is 0. The van der Waals surface area contributed by atoms with Crippen LogP contribution in [0.4, 0.5) is 9.59 Å². The molecule has 22 heavy (non-hydrogen) atoms. The van der Waals surface area contributed by atoms with Crippen LogP contribution in [0.5, 0.6) is 0 Å². The fourth-order valence-corrected chi connectivity index (χ4v) is 6.52. The van der Waals surface area contributed by atoms with Crippen molar-refractivity contribution < 1.29 is 18.4 Å². The lowest BCUT2D eigenvalue weighted by Crippen LogP contribution is -2.21. The maximum Gasteiger partial charge on any atom is 0.438 e. The van der Waals surface area contributed by atoms with Crippen molar-refractivity contribution in [2.75, 3.05) is 0 Å². The molecule has 0 aliphatic carbocycles. The van der Waals surface area contributed by atoms with E-state index in [4.69, 9.17) is 8.85 Å². The van der Waals surface area contributed by atoms with Gasteiger partial charge in [0.1, 0.15) is 0 Å². The molecular weight excluding hydrogens is 316 g/mol. The monoisotopic (exact) mass is 346 g/mol. The molecule has 0 atom stereocenters. The van der Waals surface area contributed by atoms with Gasteiger partial charge in [-0.15, -0.1) is 0 Å². The summed E-state index contributed by atoms with van der Waals surface area (Å²) in [6, 6.07) is 3.73. The highest BCUT2D eigenvalue weighted by atomic mass is 28.3. The van der Waals surface area contributed by atoms with E-state index in [0.29, 0.717) is 0 Å². The molecule has 0 aliphatic heterocycles. The summed E-state index contributed by atoms with van der Waals surface area (Å²) in [5.74, 6) is 0. The Bertz CT molecular complexity index is 310. The van der Waals surface area contributed by atoms with Gasteiger partial charge in [0.2, 0.25) is 18.1 Å². The highest BCUT2D eigenvalue weighted by Gasteiger charge is 2.17. The third kappa shape index (κ3) is 10.7. The summed E-state index contributed by atoms with van der Waals surface area (Å²) in [4.78, 5) is 23.2. The topological polar surface area (TPSA) is 77.3 Å². The number of carbonyl (C=O) groups is 2. The quantitative estimate of drug-likeness (QED) is 0.420. The number of carbonyl (C=O) groups excluding carboxylic acids is 2. The standard InChI is InChI=1S/C14H30N2O4Si2/c1-5-9-21(10-6-2)19-13(17)15-16-14(18)20-22(11-7-3)12-8-4/h21-22H,5-12H2,1-4H3. The second kappa shape index (κ2) is 13.6. The van der Waals surface area contributed by atoms with Gasteiger partial charge in [0.15, 0.2) is 0 Å². The van der Waals surface area contributed by atoms with Crippen molar-refractivity contribution in [3.8, 4) is 0 Å². The molecule has 2 amide bonds. The molecule has 0 N–H and O–H groups in total. The molecule has 0 radical (unpaired) electrons. The van der Waals surface area contributed by atoms with Crippen LogP contribution in [0.2, 0.25) is 24.2 Å². The predicted molar refractivity (Wildman–Crippen MR) is 92.5 cm³/mol. The Morgan fingerprint density at radius 2 is 0.955 bits per heavy atom. The van der Waals surface area contributed by atoms with Gasteiger partial charge in [-0.3, -0.25) is 0 Å². The van der Waals surface area contributed by atoms with Gasteiger partial charge in [0, 0.05) is 0 Å². The van der Waals surface area contributed by atoms with Crippen LogP contribution in [0.15, 0.2) is 10.2 Å². The van der Waals surface area contributed by atoms with Crippen LogP contribution in [-0.2, 0) is 8.85 Å². The Balaban J connectivity index is 4.30. The lowest BCUT2D eigenvalue weighted by molar-refractivity contribution is 0.200. The molecule has 0 aliphatic rings. The second-order valence-electron chi connectivity index (χ2n) is 5.37. The van der Waals surface area contributed by atoms with E-state index in [9.17, 15) is 9.59 Å². The van der Waals surface area contributed by atoms with Gasteiger partial charge in [-0.05, 0) is 24.2 Å². The van der Waals surface area contributed by atoms with Crippen molar-refractivity contribution in [1.29, 1.82) is 0 Å². The fourth-order valence-electron chi connectivity index (χ4n) is 2.23. The molecule has 0 saturated carbocycles. The first-order valence-electron chi connectivity index (χ1n) is 8.40. The number of hydrogen-bond acceptors (Lipinski definition) is 4. The molecule has 0 rings (SSSR count). The zero-order valence-corrected chi connectivity index (χ0v) is 16.6. The smallest absolute Gasteiger partial charge is 0.438 e. The zero-order chi connectivity index (χ0) is 16.8. The molecule has 0 heterocycles. The van der Waals surface area contributed by atoms with Crippen molar-refractivity contribution >= 4 is 30.3 Å². The van der Waals surface area contributed by atoms with Crippen LogP contribution in [0.3, 0.4) is 0 Å². The van der Waals surface area contributed by atoms with Gasteiger partial charge in [0.25, 0.3) is 0 Å². The minimum Gasteiger partial charge on any atom is -0.504 e. The molecule has 128 valence electrons. The Morgan fingerprint density at radius 3 is 1.18 bits per heavy atom. The molecule has 0 aromatic heterocycles. The van der Waals surface area contributed by atoms with Gasteiger partial charge < -0.3 is 8.85 Å². The third-order valence-corrected chi connectivity index (χ3v) is 9.15. The van der Waals surface area contributed by atoms with Crippen LogP contribution < -0.4 is 0 Å².